The molecule has 2 atom stereocenters. The van der Waals surface area contributed by atoms with E-state index in [0.717, 1.165) is 6.42 Å². The first-order valence-corrected chi connectivity index (χ1v) is 10.7. The Balaban J connectivity index is 1.61. The van der Waals surface area contributed by atoms with Crippen molar-refractivity contribution in [3.05, 3.63) is 51.6 Å². The van der Waals surface area contributed by atoms with Gasteiger partial charge in [0, 0.05) is 17.9 Å². The van der Waals surface area contributed by atoms with E-state index in [2.05, 4.69) is 10.6 Å². The quantitative estimate of drug-likeness (QED) is 0.484. The predicted molar refractivity (Wildman–Crippen MR) is 113 cm³/mol. The van der Waals surface area contributed by atoms with Crippen LogP contribution in [0, 0.1) is 12.7 Å². The van der Waals surface area contributed by atoms with Gasteiger partial charge in [0.05, 0.1) is 22.7 Å². The normalized spacial score (nSPS) is 19.9. The highest BCUT2D eigenvalue weighted by molar-refractivity contribution is 6.48. The van der Waals surface area contributed by atoms with Gasteiger partial charge in [-0.2, -0.15) is 0 Å². The van der Waals surface area contributed by atoms with Gasteiger partial charge >= 0.3 is 0 Å². The zero-order chi connectivity index (χ0) is 22.3. The first kappa shape index (κ1) is 21.5. The molecule has 31 heavy (non-hydrogen) atoms. The predicted octanol–water partition coefficient (Wildman–Crippen LogP) is 3.00. The van der Waals surface area contributed by atoms with Gasteiger partial charge in [0.25, 0.3) is 17.6 Å². The molecule has 2 heterocycles. The maximum absolute atomic E-state index is 13.5. The molecule has 9 heteroatoms. The monoisotopic (exact) mass is 447 g/mol. The number of halogens is 2. The van der Waals surface area contributed by atoms with E-state index in [1.54, 1.807) is 11.5 Å². The van der Waals surface area contributed by atoms with E-state index in [4.69, 9.17) is 11.6 Å². The molecule has 1 saturated carbocycles. The molecule has 1 aliphatic carbocycles. The highest BCUT2D eigenvalue weighted by Gasteiger charge is 2.36. The Bertz CT molecular complexity index is 1080. The average Bonchev–Trinajstić information content (AvgIpc) is 3.40. The second-order valence-electron chi connectivity index (χ2n) is 8.06. The van der Waals surface area contributed by atoms with E-state index >= 15 is 0 Å². The fourth-order valence-corrected chi connectivity index (χ4v) is 4.75. The smallest absolute Gasteiger partial charge is 0.294 e. The fraction of sp³-hybridized carbons (Fsp3) is 0.409. The molecular formula is C22H23ClFN3O4. The van der Waals surface area contributed by atoms with Crippen LogP contribution in [0.3, 0.4) is 0 Å². The maximum Gasteiger partial charge on any atom is 0.294 e. The Morgan fingerprint density at radius 1 is 1.23 bits per heavy atom. The Morgan fingerprint density at radius 2 is 2.00 bits per heavy atom. The Hall–Kier alpha value is -2.71. The molecule has 2 aromatic rings. The van der Waals surface area contributed by atoms with Crippen LogP contribution < -0.4 is 10.6 Å². The third-order valence-electron chi connectivity index (χ3n) is 5.97. The highest BCUT2D eigenvalue weighted by atomic mass is 35.5. The number of nitrogens with zero attached hydrogens (tertiary/aromatic N) is 1. The van der Waals surface area contributed by atoms with Gasteiger partial charge in [-0.05, 0) is 62.8 Å². The lowest BCUT2D eigenvalue weighted by Crippen LogP contribution is -2.43. The summed E-state index contributed by atoms with van der Waals surface area (Å²) in [6.07, 6.45) is 2.53. The molecule has 164 valence electrons. The SMILES string of the molecule is Cc1cc(NC(=O)c2c(Cl)c(C(=O)C(=O)N[C@H]3CCC[C@H]3O)n3c2CCC3)ccc1F. The minimum Gasteiger partial charge on any atom is -0.391 e. The van der Waals surface area contributed by atoms with Crippen molar-refractivity contribution < 1.29 is 23.9 Å². The molecule has 0 spiro atoms. The number of rotatable bonds is 5. The molecule has 1 fully saturated rings. The van der Waals surface area contributed by atoms with Gasteiger partial charge in [-0.3, -0.25) is 14.4 Å². The third kappa shape index (κ3) is 3.97. The van der Waals surface area contributed by atoms with E-state index in [1.807, 2.05) is 0 Å². The number of nitrogens with one attached hydrogen (secondary N) is 2. The van der Waals surface area contributed by atoms with Gasteiger partial charge in [0.15, 0.2) is 0 Å². The topological polar surface area (TPSA) is 100 Å². The van der Waals surface area contributed by atoms with Crippen molar-refractivity contribution in [3.8, 4) is 0 Å². The van der Waals surface area contributed by atoms with Crippen molar-refractivity contribution >= 4 is 34.9 Å². The Labute approximate surface area is 183 Å². The summed E-state index contributed by atoms with van der Waals surface area (Å²) >= 11 is 6.46. The van der Waals surface area contributed by atoms with Crippen molar-refractivity contribution in [1.82, 2.24) is 9.88 Å². The Morgan fingerprint density at radius 3 is 2.68 bits per heavy atom. The van der Waals surface area contributed by atoms with Crippen LogP contribution >= 0.6 is 11.6 Å². The van der Waals surface area contributed by atoms with Crippen LogP contribution in [-0.2, 0) is 17.8 Å². The largest absolute Gasteiger partial charge is 0.391 e. The minimum atomic E-state index is -0.846. The van der Waals surface area contributed by atoms with E-state index in [-0.39, 0.29) is 22.1 Å². The fourth-order valence-electron chi connectivity index (χ4n) is 4.36. The van der Waals surface area contributed by atoms with Crippen molar-refractivity contribution in [2.75, 3.05) is 5.32 Å². The zero-order valence-electron chi connectivity index (χ0n) is 17.0. The van der Waals surface area contributed by atoms with Gasteiger partial charge < -0.3 is 20.3 Å². The molecule has 3 N–H and O–H groups in total. The number of aryl methyl sites for hydroxylation is 1. The molecule has 2 aliphatic rings. The summed E-state index contributed by atoms with van der Waals surface area (Å²) in [5, 5.41) is 15.1. The molecule has 0 radical (unpaired) electrons. The summed E-state index contributed by atoms with van der Waals surface area (Å²) in [7, 11) is 0. The molecule has 1 aromatic carbocycles. The van der Waals surface area contributed by atoms with E-state index in [9.17, 15) is 23.9 Å². The summed E-state index contributed by atoms with van der Waals surface area (Å²) in [6, 6.07) is 3.74. The summed E-state index contributed by atoms with van der Waals surface area (Å²) in [5.74, 6) is -2.58. The summed E-state index contributed by atoms with van der Waals surface area (Å²) < 4.78 is 15.1. The van der Waals surface area contributed by atoms with E-state index in [1.165, 1.54) is 18.2 Å². The van der Waals surface area contributed by atoms with Crippen LogP contribution in [0.25, 0.3) is 0 Å². The molecule has 0 bridgehead atoms. The van der Waals surface area contributed by atoms with Crippen LogP contribution in [0.4, 0.5) is 10.1 Å². The molecule has 1 aliphatic heterocycles. The number of carbonyl (C=O) groups excluding carboxylic acids is 3. The summed E-state index contributed by atoms with van der Waals surface area (Å²) in [5.41, 5.74) is 1.52. The van der Waals surface area contributed by atoms with Crippen LogP contribution in [0.2, 0.25) is 5.02 Å². The van der Waals surface area contributed by atoms with Gasteiger partial charge in [-0.25, -0.2) is 4.39 Å². The molecule has 0 saturated heterocycles. The summed E-state index contributed by atoms with van der Waals surface area (Å²) in [6.45, 7) is 2.06. The molecule has 1 aromatic heterocycles. The number of Topliss-reactive ketones (excluding diaryl/α,β-unsaturated/α-hetero) is 1. The lowest BCUT2D eigenvalue weighted by Gasteiger charge is -2.16. The standard InChI is InChI=1S/C22H23ClFN3O4/c1-11-10-12(7-8-13(11)24)25-21(30)17-15-5-3-9-27(15)19(18(17)23)20(29)22(31)26-14-4-2-6-16(14)28/h7-8,10,14,16,28H,2-6,9H2,1H3,(H,25,30)(H,26,31)/t14-,16+/m0/s1. The van der Waals surface area contributed by atoms with Gasteiger partial charge in [0.1, 0.15) is 11.5 Å². The van der Waals surface area contributed by atoms with Gasteiger partial charge in [-0.15, -0.1) is 0 Å². The molecule has 2 amide bonds. The number of benzene rings is 1. The number of amides is 2. The van der Waals surface area contributed by atoms with Crippen LogP contribution in [-0.4, -0.2) is 39.4 Å². The number of aliphatic hydroxyl groups excluding tert-OH is 1. The number of aromatic nitrogens is 1. The van der Waals surface area contributed by atoms with Gasteiger partial charge in [-0.1, -0.05) is 11.6 Å². The number of anilines is 1. The van der Waals surface area contributed by atoms with Gasteiger partial charge in [0.2, 0.25) is 0 Å². The lowest BCUT2D eigenvalue weighted by atomic mass is 10.1. The first-order valence-electron chi connectivity index (χ1n) is 10.3. The average molecular weight is 448 g/mol. The van der Waals surface area contributed by atoms with Crippen molar-refractivity contribution in [1.29, 1.82) is 0 Å². The number of hydrogen-bond acceptors (Lipinski definition) is 4. The lowest BCUT2D eigenvalue weighted by molar-refractivity contribution is -0.118. The number of fused-ring (bicyclic) bond motifs is 1. The Kier molecular flexibility index (Phi) is 5.85. The number of aliphatic hydroxyl groups is 1. The molecule has 7 nitrogen and oxygen atoms in total. The van der Waals surface area contributed by atoms with E-state index in [0.29, 0.717) is 49.2 Å². The van der Waals surface area contributed by atoms with Crippen LogP contribution in [0.5, 0.6) is 0 Å². The van der Waals surface area contributed by atoms with E-state index < -0.39 is 29.7 Å². The zero-order valence-corrected chi connectivity index (χ0v) is 17.8. The second-order valence-corrected chi connectivity index (χ2v) is 8.44. The van der Waals surface area contributed by atoms with Crippen LogP contribution in [0.1, 0.15) is 57.8 Å². The minimum absolute atomic E-state index is 0.0143. The maximum atomic E-state index is 13.5. The second kappa shape index (κ2) is 8.43. The molecule has 4 rings (SSSR count). The highest BCUT2D eigenvalue weighted by Crippen LogP contribution is 2.34. The van der Waals surface area contributed by atoms with Crippen molar-refractivity contribution in [2.24, 2.45) is 0 Å². The summed E-state index contributed by atoms with van der Waals surface area (Å²) in [4.78, 5) is 38.5. The van der Waals surface area contributed by atoms with Crippen molar-refractivity contribution in [3.63, 3.8) is 0 Å². The first-order chi connectivity index (χ1) is 14.8. The number of ketones is 1. The molecule has 0 unspecified atom stereocenters. The van der Waals surface area contributed by atoms with Crippen molar-refractivity contribution in [2.45, 2.75) is 57.7 Å². The number of hydrogen-bond donors (Lipinski definition) is 3. The van der Waals surface area contributed by atoms with Crippen LogP contribution in [0.15, 0.2) is 18.2 Å². The molecular weight excluding hydrogens is 425 g/mol. The third-order valence-corrected chi connectivity index (χ3v) is 6.34. The number of carbonyl (C=O) groups is 3.